The van der Waals surface area contributed by atoms with Gasteiger partial charge in [-0.15, -0.1) is 0 Å². The van der Waals surface area contributed by atoms with Crippen LogP contribution in [0.3, 0.4) is 0 Å². The maximum absolute atomic E-state index is 9.21. The van der Waals surface area contributed by atoms with Gasteiger partial charge in [-0.2, -0.15) is 5.26 Å². The molecule has 1 N–H and O–H groups in total. The zero-order valence-corrected chi connectivity index (χ0v) is 7.91. The van der Waals surface area contributed by atoms with Crippen molar-refractivity contribution in [1.29, 1.82) is 5.26 Å². The first-order chi connectivity index (χ1) is 6.13. The van der Waals surface area contributed by atoms with Crippen molar-refractivity contribution in [2.24, 2.45) is 0 Å². The van der Waals surface area contributed by atoms with E-state index in [9.17, 15) is 5.11 Å². The highest BCUT2D eigenvalue weighted by Crippen LogP contribution is 2.12. The Kier molecular flexibility index (Phi) is 3.05. The average molecular weight is 175 g/mol. The summed E-state index contributed by atoms with van der Waals surface area (Å²) in [5, 5.41) is 18.0. The van der Waals surface area contributed by atoms with Crippen LogP contribution in [0.5, 0.6) is 0 Å². The van der Waals surface area contributed by atoms with Crippen LogP contribution < -0.4 is 0 Å². The first-order valence-electron chi connectivity index (χ1n) is 4.31. The number of benzene rings is 1. The monoisotopic (exact) mass is 175 g/mol. The van der Waals surface area contributed by atoms with Gasteiger partial charge in [-0.05, 0) is 31.9 Å². The van der Waals surface area contributed by atoms with Crippen molar-refractivity contribution in [3.8, 4) is 6.07 Å². The molecule has 0 aliphatic rings. The lowest BCUT2D eigenvalue weighted by molar-refractivity contribution is 0.195. The van der Waals surface area contributed by atoms with Crippen LogP contribution in [-0.4, -0.2) is 11.2 Å². The third kappa shape index (κ3) is 2.57. The number of rotatable bonds is 2. The van der Waals surface area contributed by atoms with Crippen LogP contribution in [0, 0.1) is 18.3 Å². The first kappa shape index (κ1) is 9.76. The van der Waals surface area contributed by atoms with E-state index in [0.717, 1.165) is 11.1 Å². The molecule has 0 aliphatic carbocycles. The lowest BCUT2D eigenvalue weighted by Gasteiger charge is -2.06. The van der Waals surface area contributed by atoms with Gasteiger partial charge in [0.1, 0.15) is 0 Å². The molecule has 0 fully saturated rings. The summed E-state index contributed by atoms with van der Waals surface area (Å²) in [4.78, 5) is 0. The van der Waals surface area contributed by atoms with Crippen LogP contribution in [0.25, 0.3) is 0 Å². The molecule has 0 aliphatic heterocycles. The molecule has 13 heavy (non-hydrogen) atoms. The minimum Gasteiger partial charge on any atom is -0.393 e. The van der Waals surface area contributed by atoms with Crippen LogP contribution in [0.1, 0.15) is 23.6 Å². The number of aryl methyl sites for hydroxylation is 1. The Labute approximate surface area is 78.4 Å². The second-order valence-electron chi connectivity index (χ2n) is 3.33. The minimum atomic E-state index is -0.395. The van der Waals surface area contributed by atoms with Gasteiger partial charge in [0, 0.05) is 0 Å². The maximum atomic E-state index is 9.21. The predicted molar refractivity (Wildman–Crippen MR) is 51.3 cm³/mol. The van der Waals surface area contributed by atoms with Crippen LogP contribution in [-0.2, 0) is 6.42 Å². The smallest absolute Gasteiger partial charge is 0.0994 e. The summed E-state index contributed by atoms with van der Waals surface area (Å²) < 4.78 is 0. The van der Waals surface area contributed by atoms with E-state index < -0.39 is 6.10 Å². The van der Waals surface area contributed by atoms with E-state index in [4.69, 9.17) is 5.26 Å². The lowest BCUT2D eigenvalue weighted by atomic mass is 10.0. The molecule has 1 rings (SSSR count). The van der Waals surface area contributed by atoms with Crippen molar-refractivity contribution in [1.82, 2.24) is 0 Å². The third-order valence-electron chi connectivity index (χ3n) is 1.90. The van der Waals surface area contributed by atoms with Gasteiger partial charge in [-0.25, -0.2) is 0 Å². The maximum Gasteiger partial charge on any atom is 0.0994 e. The number of nitrogens with zero attached hydrogens (tertiary/aromatic N) is 1. The van der Waals surface area contributed by atoms with Gasteiger partial charge in [0.15, 0.2) is 0 Å². The van der Waals surface area contributed by atoms with Crippen LogP contribution in [0.4, 0.5) is 0 Å². The highest BCUT2D eigenvalue weighted by Gasteiger charge is 2.04. The van der Waals surface area contributed by atoms with Gasteiger partial charge in [0.2, 0.25) is 0 Å². The summed E-state index contributed by atoms with van der Waals surface area (Å²) in [7, 11) is 0. The van der Waals surface area contributed by atoms with Gasteiger partial charge in [-0.1, -0.05) is 17.7 Å². The molecule has 1 atom stereocenters. The van der Waals surface area contributed by atoms with E-state index in [1.165, 1.54) is 0 Å². The molecule has 2 heteroatoms. The summed E-state index contributed by atoms with van der Waals surface area (Å²) in [5.74, 6) is 0. The molecule has 0 spiro atoms. The van der Waals surface area contributed by atoms with Crippen molar-refractivity contribution in [2.45, 2.75) is 26.4 Å². The fourth-order valence-electron chi connectivity index (χ4n) is 1.32. The van der Waals surface area contributed by atoms with Crippen molar-refractivity contribution in [3.05, 3.63) is 34.9 Å². The standard InChI is InChI=1S/C11H13NO/c1-8-3-4-10(7-12)11(5-8)6-9(2)13/h3-5,9,13H,6H2,1-2H3/t9-/m0/s1. The quantitative estimate of drug-likeness (QED) is 0.744. The Hall–Kier alpha value is -1.33. The SMILES string of the molecule is Cc1ccc(C#N)c(C[C@H](C)O)c1. The molecule has 0 bridgehead atoms. The fraction of sp³-hybridized carbons (Fsp3) is 0.364. The Morgan fingerprint density at radius 1 is 1.54 bits per heavy atom. The summed E-state index contributed by atoms with van der Waals surface area (Å²) in [6.45, 7) is 3.70. The highest BCUT2D eigenvalue weighted by molar-refractivity contribution is 5.40. The summed E-state index contributed by atoms with van der Waals surface area (Å²) in [6, 6.07) is 7.77. The molecule has 0 amide bonds. The molecule has 0 saturated heterocycles. The molecule has 0 saturated carbocycles. The molecule has 1 aromatic carbocycles. The molecule has 68 valence electrons. The Morgan fingerprint density at radius 2 is 2.23 bits per heavy atom. The second-order valence-corrected chi connectivity index (χ2v) is 3.33. The molecule has 0 unspecified atom stereocenters. The number of aliphatic hydroxyl groups excluding tert-OH is 1. The van der Waals surface area contributed by atoms with Gasteiger partial charge >= 0.3 is 0 Å². The third-order valence-corrected chi connectivity index (χ3v) is 1.90. The lowest BCUT2D eigenvalue weighted by Crippen LogP contribution is -2.06. The van der Waals surface area contributed by atoms with Crippen LogP contribution >= 0.6 is 0 Å². The topological polar surface area (TPSA) is 44.0 Å². The van der Waals surface area contributed by atoms with Crippen molar-refractivity contribution >= 4 is 0 Å². The van der Waals surface area contributed by atoms with Gasteiger partial charge in [-0.3, -0.25) is 0 Å². The molecule has 0 radical (unpaired) electrons. The number of nitriles is 1. The fourth-order valence-corrected chi connectivity index (χ4v) is 1.32. The van der Waals surface area contributed by atoms with Crippen LogP contribution in [0.2, 0.25) is 0 Å². The van der Waals surface area contributed by atoms with E-state index in [0.29, 0.717) is 12.0 Å². The molecule has 0 aromatic heterocycles. The molecule has 0 heterocycles. The summed E-state index contributed by atoms with van der Waals surface area (Å²) in [6.07, 6.45) is 0.152. The zero-order chi connectivity index (χ0) is 9.84. The number of hydrogen-bond acceptors (Lipinski definition) is 2. The van der Waals surface area contributed by atoms with Crippen molar-refractivity contribution in [3.63, 3.8) is 0 Å². The predicted octanol–water partition coefficient (Wildman–Crippen LogP) is 1.79. The molecule has 1 aromatic rings. The van der Waals surface area contributed by atoms with Crippen LogP contribution in [0.15, 0.2) is 18.2 Å². The van der Waals surface area contributed by atoms with Gasteiger partial charge in [0.05, 0.1) is 17.7 Å². The average Bonchev–Trinajstić information content (AvgIpc) is 2.03. The summed E-state index contributed by atoms with van der Waals surface area (Å²) in [5.41, 5.74) is 2.71. The molecule has 2 nitrogen and oxygen atoms in total. The van der Waals surface area contributed by atoms with E-state index in [-0.39, 0.29) is 0 Å². The number of hydrogen-bond donors (Lipinski definition) is 1. The van der Waals surface area contributed by atoms with E-state index >= 15 is 0 Å². The largest absolute Gasteiger partial charge is 0.393 e. The first-order valence-corrected chi connectivity index (χ1v) is 4.31. The van der Waals surface area contributed by atoms with Gasteiger partial charge < -0.3 is 5.11 Å². The number of aliphatic hydroxyl groups is 1. The Bertz CT molecular complexity index is 336. The second kappa shape index (κ2) is 4.06. The Morgan fingerprint density at radius 3 is 2.77 bits per heavy atom. The minimum absolute atomic E-state index is 0.395. The summed E-state index contributed by atoms with van der Waals surface area (Å²) >= 11 is 0. The zero-order valence-electron chi connectivity index (χ0n) is 7.91. The Balaban J connectivity index is 3.03. The normalized spacial score (nSPS) is 12.2. The van der Waals surface area contributed by atoms with Crippen molar-refractivity contribution in [2.75, 3.05) is 0 Å². The highest BCUT2D eigenvalue weighted by atomic mass is 16.3. The van der Waals surface area contributed by atoms with E-state index in [1.54, 1.807) is 13.0 Å². The molecular weight excluding hydrogens is 162 g/mol. The van der Waals surface area contributed by atoms with Crippen molar-refractivity contribution < 1.29 is 5.11 Å². The molecular formula is C11H13NO. The van der Waals surface area contributed by atoms with E-state index in [2.05, 4.69) is 6.07 Å². The van der Waals surface area contributed by atoms with E-state index in [1.807, 2.05) is 19.1 Å². The van der Waals surface area contributed by atoms with Gasteiger partial charge in [0.25, 0.3) is 0 Å².